The zero-order valence-corrected chi connectivity index (χ0v) is 15.1. The lowest BCUT2D eigenvalue weighted by Crippen LogP contribution is -2.16. The minimum atomic E-state index is -0.372. The minimum absolute atomic E-state index is 0.165. The van der Waals surface area contributed by atoms with E-state index in [2.05, 4.69) is 10.5 Å². The van der Waals surface area contributed by atoms with Crippen LogP contribution in [-0.4, -0.2) is 17.2 Å². The first kappa shape index (κ1) is 16.1. The summed E-state index contributed by atoms with van der Waals surface area (Å²) in [6.07, 6.45) is 1.44. The normalized spacial score (nSPS) is 11.6. The molecule has 2 aromatic heterocycles. The molecule has 0 spiro atoms. The molecular weight excluding hydrogens is 376 g/mol. The molecule has 0 bridgehead atoms. The SMILES string of the molecule is O=C(NN=Cc1sc2ccccc2c1O)c1sc2ccccc2c1Cl. The van der Waals surface area contributed by atoms with Crippen molar-refractivity contribution in [2.45, 2.75) is 0 Å². The van der Waals surface area contributed by atoms with Crippen molar-refractivity contribution in [1.29, 1.82) is 0 Å². The zero-order valence-electron chi connectivity index (χ0n) is 12.7. The number of carbonyl (C=O) groups excluding carboxylic acids is 1. The summed E-state index contributed by atoms with van der Waals surface area (Å²) in [6, 6.07) is 15.1. The molecule has 7 heteroatoms. The van der Waals surface area contributed by atoms with Gasteiger partial charge in [0.1, 0.15) is 10.6 Å². The first-order valence-corrected chi connectivity index (χ1v) is 9.37. The number of aromatic hydroxyl groups is 1. The third-order valence-corrected chi connectivity index (χ3v) is 6.45. The van der Waals surface area contributed by atoms with Crippen molar-refractivity contribution in [3.63, 3.8) is 0 Å². The van der Waals surface area contributed by atoms with Crippen molar-refractivity contribution in [1.82, 2.24) is 5.43 Å². The predicted molar refractivity (Wildman–Crippen MR) is 105 cm³/mol. The molecule has 0 atom stereocenters. The Balaban J connectivity index is 1.57. The number of hydrogen-bond acceptors (Lipinski definition) is 5. The van der Waals surface area contributed by atoms with Crippen LogP contribution in [0.4, 0.5) is 0 Å². The predicted octanol–water partition coefficient (Wildman–Crippen LogP) is 5.24. The van der Waals surface area contributed by atoms with E-state index >= 15 is 0 Å². The summed E-state index contributed by atoms with van der Waals surface area (Å²) in [6.45, 7) is 0. The van der Waals surface area contributed by atoms with Crippen molar-refractivity contribution in [2.24, 2.45) is 5.10 Å². The fourth-order valence-electron chi connectivity index (χ4n) is 2.50. The van der Waals surface area contributed by atoms with E-state index in [1.165, 1.54) is 28.9 Å². The van der Waals surface area contributed by atoms with Gasteiger partial charge in [-0.05, 0) is 18.2 Å². The van der Waals surface area contributed by atoms with Crippen molar-refractivity contribution >= 4 is 66.6 Å². The number of hydrogen-bond donors (Lipinski definition) is 2. The Hall–Kier alpha value is -2.41. The third-order valence-electron chi connectivity index (χ3n) is 3.68. The monoisotopic (exact) mass is 386 g/mol. The number of carbonyl (C=O) groups is 1. The van der Waals surface area contributed by atoms with Crippen molar-refractivity contribution < 1.29 is 9.90 Å². The average Bonchev–Trinajstić information content (AvgIpc) is 3.14. The first-order chi connectivity index (χ1) is 12.1. The topological polar surface area (TPSA) is 61.7 Å². The van der Waals surface area contributed by atoms with Crippen LogP contribution >= 0.6 is 34.3 Å². The molecule has 0 aliphatic rings. The van der Waals surface area contributed by atoms with Crippen LogP contribution in [0.3, 0.4) is 0 Å². The number of thiophene rings is 2. The van der Waals surface area contributed by atoms with E-state index in [1.807, 2.05) is 48.5 Å². The third kappa shape index (κ3) is 2.89. The molecule has 1 amide bonds. The molecule has 4 aromatic rings. The number of nitrogens with zero attached hydrogens (tertiary/aromatic N) is 1. The Labute approximate surface area is 156 Å². The number of nitrogens with one attached hydrogen (secondary N) is 1. The van der Waals surface area contributed by atoms with E-state index in [0.717, 1.165) is 20.2 Å². The van der Waals surface area contributed by atoms with Gasteiger partial charge in [-0.25, -0.2) is 5.43 Å². The lowest BCUT2D eigenvalue weighted by Gasteiger charge is -1.96. The van der Waals surface area contributed by atoms with Gasteiger partial charge in [0.15, 0.2) is 0 Å². The smallest absolute Gasteiger partial charge is 0.283 e. The second-order valence-electron chi connectivity index (χ2n) is 5.25. The number of benzene rings is 2. The Morgan fingerprint density at radius 3 is 2.36 bits per heavy atom. The van der Waals surface area contributed by atoms with Crippen LogP contribution in [0.25, 0.3) is 20.2 Å². The molecule has 2 N–H and O–H groups in total. The van der Waals surface area contributed by atoms with Gasteiger partial charge < -0.3 is 5.11 Å². The maximum atomic E-state index is 12.3. The Morgan fingerprint density at radius 2 is 1.68 bits per heavy atom. The van der Waals surface area contributed by atoms with Crippen molar-refractivity contribution in [2.75, 3.05) is 0 Å². The van der Waals surface area contributed by atoms with E-state index in [9.17, 15) is 9.90 Å². The lowest BCUT2D eigenvalue weighted by molar-refractivity contribution is 0.0959. The van der Waals surface area contributed by atoms with Gasteiger partial charge in [0.05, 0.1) is 16.1 Å². The van der Waals surface area contributed by atoms with Crippen molar-refractivity contribution in [3.05, 3.63) is 63.3 Å². The number of hydrazone groups is 1. The van der Waals surface area contributed by atoms with Gasteiger partial charge in [0.25, 0.3) is 5.91 Å². The first-order valence-electron chi connectivity index (χ1n) is 7.36. The molecule has 2 aromatic carbocycles. The maximum absolute atomic E-state index is 12.3. The maximum Gasteiger partial charge on any atom is 0.283 e. The van der Waals surface area contributed by atoms with Gasteiger partial charge in [0, 0.05) is 20.2 Å². The summed E-state index contributed by atoms with van der Waals surface area (Å²) < 4.78 is 1.91. The summed E-state index contributed by atoms with van der Waals surface area (Å²) in [5.41, 5.74) is 2.47. The van der Waals surface area contributed by atoms with Gasteiger partial charge in [-0.2, -0.15) is 5.10 Å². The molecule has 124 valence electrons. The highest BCUT2D eigenvalue weighted by molar-refractivity contribution is 7.21. The van der Waals surface area contributed by atoms with E-state index in [-0.39, 0.29) is 11.7 Å². The van der Waals surface area contributed by atoms with Crippen molar-refractivity contribution in [3.8, 4) is 5.75 Å². The van der Waals surface area contributed by atoms with Crippen LogP contribution < -0.4 is 5.43 Å². The highest BCUT2D eigenvalue weighted by Gasteiger charge is 2.16. The Morgan fingerprint density at radius 1 is 1.04 bits per heavy atom. The molecule has 0 aliphatic carbocycles. The number of fused-ring (bicyclic) bond motifs is 2. The summed E-state index contributed by atoms with van der Waals surface area (Å²) in [4.78, 5) is 13.3. The molecule has 0 fully saturated rings. The summed E-state index contributed by atoms with van der Waals surface area (Å²) in [5, 5.41) is 16.2. The Bertz CT molecular complexity index is 1130. The number of amides is 1. The van der Waals surface area contributed by atoms with Crippen LogP contribution in [0.1, 0.15) is 14.5 Å². The quantitative estimate of drug-likeness (QED) is 0.373. The molecule has 0 aliphatic heterocycles. The van der Waals surface area contributed by atoms with Crippen LogP contribution in [0.2, 0.25) is 5.02 Å². The van der Waals surface area contributed by atoms with E-state index in [0.29, 0.717) is 14.8 Å². The largest absolute Gasteiger partial charge is 0.506 e. The van der Waals surface area contributed by atoms with Crippen LogP contribution in [-0.2, 0) is 0 Å². The molecule has 0 saturated carbocycles. The number of rotatable bonds is 3. The molecule has 25 heavy (non-hydrogen) atoms. The molecule has 4 rings (SSSR count). The summed E-state index contributed by atoms with van der Waals surface area (Å²) in [5.74, 6) is -0.207. The Kier molecular flexibility index (Phi) is 4.17. The summed E-state index contributed by atoms with van der Waals surface area (Å²) >= 11 is 9.01. The highest BCUT2D eigenvalue weighted by Crippen LogP contribution is 2.36. The number of halogens is 1. The highest BCUT2D eigenvalue weighted by atomic mass is 35.5. The standard InChI is InChI=1S/C18H11ClN2O2S2/c19-15-10-5-1-3-7-12(10)25-17(15)18(23)21-20-9-14-16(22)11-6-2-4-8-13(11)24-14/h1-9,22H,(H,21,23). The summed E-state index contributed by atoms with van der Waals surface area (Å²) in [7, 11) is 0. The minimum Gasteiger partial charge on any atom is -0.506 e. The van der Waals surface area contributed by atoms with Gasteiger partial charge in [-0.3, -0.25) is 4.79 Å². The van der Waals surface area contributed by atoms with E-state index in [1.54, 1.807) is 0 Å². The fourth-order valence-corrected chi connectivity index (χ4v) is 4.88. The zero-order chi connectivity index (χ0) is 17.4. The van der Waals surface area contributed by atoms with Gasteiger partial charge in [-0.1, -0.05) is 41.9 Å². The molecule has 0 saturated heterocycles. The average molecular weight is 387 g/mol. The molecule has 0 radical (unpaired) electrons. The fraction of sp³-hybridized carbons (Fsp3) is 0. The van der Waals surface area contributed by atoms with Gasteiger partial charge in [-0.15, -0.1) is 22.7 Å². The van der Waals surface area contributed by atoms with Crippen LogP contribution in [0.5, 0.6) is 5.75 Å². The van der Waals surface area contributed by atoms with Gasteiger partial charge >= 0.3 is 0 Å². The lowest BCUT2D eigenvalue weighted by atomic mass is 10.2. The van der Waals surface area contributed by atoms with E-state index < -0.39 is 0 Å². The molecule has 2 heterocycles. The second kappa shape index (κ2) is 6.48. The van der Waals surface area contributed by atoms with Gasteiger partial charge in [0.2, 0.25) is 0 Å². The van der Waals surface area contributed by atoms with Crippen LogP contribution in [0, 0.1) is 0 Å². The molecule has 0 unspecified atom stereocenters. The molecule has 4 nitrogen and oxygen atoms in total. The molecular formula is C18H11ClN2O2S2. The second-order valence-corrected chi connectivity index (χ2v) is 7.77. The van der Waals surface area contributed by atoms with Crippen LogP contribution in [0.15, 0.2) is 53.6 Å². The van der Waals surface area contributed by atoms with E-state index in [4.69, 9.17) is 11.6 Å².